The van der Waals surface area contributed by atoms with Crippen molar-refractivity contribution in [3.05, 3.63) is 66.2 Å². The summed E-state index contributed by atoms with van der Waals surface area (Å²) in [5.41, 5.74) is 6.84. The minimum atomic E-state index is -0.646. The van der Waals surface area contributed by atoms with Crippen LogP contribution >= 0.6 is 11.6 Å². The smallest absolute Gasteiger partial charge is 0.275 e. The van der Waals surface area contributed by atoms with Gasteiger partial charge in [0.05, 0.1) is 31.8 Å². The van der Waals surface area contributed by atoms with Gasteiger partial charge in [-0.05, 0) is 26.0 Å². The Morgan fingerprint density at radius 2 is 1.64 bits per heavy atom. The molecule has 0 unspecified atom stereocenters. The van der Waals surface area contributed by atoms with E-state index in [1.165, 1.54) is 0 Å². The van der Waals surface area contributed by atoms with Crippen LogP contribution in [0.15, 0.2) is 24.3 Å². The molecule has 2 N–H and O–H groups in total. The summed E-state index contributed by atoms with van der Waals surface area (Å²) in [6.07, 6.45) is 0. The Kier molecular flexibility index (Phi) is 5.05. The van der Waals surface area contributed by atoms with Crippen LogP contribution in [0.2, 0.25) is 5.02 Å². The maximum atomic E-state index is 11.0. The Hall–Kier alpha value is -3.38. The molecule has 0 aliphatic heterocycles. The molecular formula is C15H12ClN5O4. The molecule has 0 amide bonds. The average Bonchev–Trinajstić information content (AvgIpc) is 2.51. The van der Waals surface area contributed by atoms with Crippen LogP contribution in [0.3, 0.4) is 0 Å². The molecule has 0 aliphatic carbocycles. The van der Waals surface area contributed by atoms with E-state index in [1.54, 1.807) is 26.0 Å². The molecule has 0 saturated heterocycles. The number of nitriles is 1. The van der Waals surface area contributed by atoms with Crippen LogP contribution < -0.4 is 10.9 Å². The van der Waals surface area contributed by atoms with E-state index in [1.807, 2.05) is 6.07 Å². The number of nitrogens with zero attached hydrogens (tertiary/aromatic N) is 3. The van der Waals surface area contributed by atoms with Gasteiger partial charge in [0.15, 0.2) is 0 Å². The molecule has 0 saturated carbocycles. The van der Waals surface area contributed by atoms with E-state index in [9.17, 15) is 20.2 Å². The molecular weight excluding hydrogens is 350 g/mol. The third-order valence-electron chi connectivity index (χ3n) is 3.41. The maximum Gasteiger partial charge on any atom is 0.275 e. The summed E-state index contributed by atoms with van der Waals surface area (Å²) in [7, 11) is 0. The van der Waals surface area contributed by atoms with E-state index in [2.05, 4.69) is 10.9 Å². The zero-order valence-corrected chi connectivity index (χ0v) is 13.9. The van der Waals surface area contributed by atoms with Crippen LogP contribution in [0, 0.1) is 45.4 Å². The normalized spacial score (nSPS) is 10.0. The van der Waals surface area contributed by atoms with E-state index >= 15 is 0 Å². The van der Waals surface area contributed by atoms with Gasteiger partial charge in [-0.2, -0.15) is 5.26 Å². The van der Waals surface area contributed by atoms with Gasteiger partial charge in [0.25, 0.3) is 11.4 Å². The van der Waals surface area contributed by atoms with Crippen molar-refractivity contribution in [2.45, 2.75) is 13.8 Å². The van der Waals surface area contributed by atoms with Crippen LogP contribution in [-0.4, -0.2) is 9.85 Å². The highest BCUT2D eigenvalue weighted by molar-refractivity contribution is 6.33. The molecule has 2 aromatic rings. The molecule has 10 heteroatoms. The quantitative estimate of drug-likeness (QED) is 0.605. The molecule has 0 heterocycles. The molecule has 0 radical (unpaired) electrons. The van der Waals surface area contributed by atoms with Crippen molar-refractivity contribution in [3.63, 3.8) is 0 Å². The number of benzene rings is 2. The predicted octanol–water partition coefficient (Wildman–Crippen LogP) is 4.08. The summed E-state index contributed by atoms with van der Waals surface area (Å²) in [5, 5.41) is 31.0. The van der Waals surface area contributed by atoms with Crippen molar-refractivity contribution >= 4 is 34.4 Å². The number of halogens is 1. The largest absolute Gasteiger partial charge is 0.301 e. The Morgan fingerprint density at radius 3 is 2.12 bits per heavy atom. The lowest BCUT2D eigenvalue weighted by atomic mass is 10.1. The van der Waals surface area contributed by atoms with E-state index in [-0.39, 0.29) is 27.6 Å². The minimum Gasteiger partial charge on any atom is -0.301 e. The number of aryl methyl sites for hydroxylation is 2. The summed E-state index contributed by atoms with van der Waals surface area (Å²) >= 11 is 6.01. The molecule has 0 bridgehead atoms. The third kappa shape index (κ3) is 3.76. The van der Waals surface area contributed by atoms with Crippen LogP contribution in [0.5, 0.6) is 0 Å². The fourth-order valence-corrected chi connectivity index (χ4v) is 2.62. The summed E-state index contributed by atoms with van der Waals surface area (Å²) < 4.78 is 0. The second-order valence-corrected chi connectivity index (χ2v) is 5.59. The number of nitro groups is 2. The van der Waals surface area contributed by atoms with Crippen LogP contribution in [0.25, 0.3) is 0 Å². The van der Waals surface area contributed by atoms with Crippen LogP contribution in [-0.2, 0) is 0 Å². The third-order valence-corrected chi connectivity index (χ3v) is 3.71. The highest BCUT2D eigenvalue weighted by Gasteiger charge is 2.17. The Bertz CT molecular complexity index is 900. The van der Waals surface area contributed by atoms with Crippen LogP contribution in [0.1, 0.15) is 16.7 Å². The topological polar surface area (TPSA) is 134 Å². The van der Waals surface area contributed by atoms with Crippen LogP contribution in [0.4, 0.5) is 22.7 Å². The first-order valence-electron chi connectivity index (χ1n) is 6.90. The fraction of sp³-hybridized carbons (Fsp3) is 0.133. The second-order valence-electron chi connectivity index (χ2n) is 5.18. The molecule has 25 heavy (non-hydrogen) atoms. The maximum absolute atomic E-state index is 11.0. The Morgan fingerprint density at radius 1 is 1.04 bits per heavy atom. The second kappa shape index (κ2) is 7.02. The van der Waals surface area contributed by atoms with Gasteiger partial charge in [-0.25, -0.2) is 0 Å². The van der Waals surface area contributed by atoms with Crippen molar-refractivity contribution in [1.29, 1.82) is 5.26 Å². The molecule has 2 aromatic carbocycles. The monoisotopic (exact) mass is 361 g/mol. The first kappa shape index (κ1) is 18.0. The molecule has 0 atom stereocenters. The van der Waals surface area contributed by atoms with Gasteiger partial charge in [0.2, 0.25) is 0 Å². The predicted molar refractivity (Wildman–Crippen MR) is 92.6 cm³/mol. The molecule has 9 nitrogen and oxygen atoms in total. The highest BCUT2D eigenvalue weighted by atomic mass is 35.5. The lowest BCUT2D eigenvalue weighted by Gasteiger charge is -2.14. The highest BCUT2D eigenvalue weighted by Crippen LogP contribution is 2.32. The molecule has 0 aliphatic rings. The van der Waals surface area contributed by atoms with Crippen molar-refractivity contribution < 1.29 is 9.85 Å². The first-order valence-corrected chi connectivity index (χ1v) is 7.28. The fourth-order valence-electron chi connectivity index (χ4n) is 2.36. The van der Waals surface area contributed by atoms with E-state index < -0.39 is 9.85 Å². The van der Waals surface area contributed by atoms with Gasteiger partial charge in [-0.3, -0.25) is 25.7 Å². The summed E-state index contributed by atoms with van der Waals surface area (Å²) in [5.74, 6) is 0. The van der Waals surface area contributed by atoms with E-state index in [0.29, 0.717) is 16.8 Å². The first-order chi connectivity index (χ1) is 11.7. The van der Waals surface area contributed by atoms with Crippen molar-refractivity contribution in [2.24, 2.45) is 0 Å². The number of hydrogen-bond acceptors (Lipinski definition) is 7. The summed E-state index contributed by atoms with van der Waals surface area (Å²) in [6, 6.07) is 7.18. The number of anilines is 2. The molecule has 2 rings (SSSR count). The van der Waals surface area contributed by atoms with Crippen molar-refractivity contribution in [2.75, 3.05) is 10.9 Å². The SMILES string of the molecule is Cc1cc(NNc2c(Cl)cc([N+](=O)[O-])cc2C#N)cc(C)c1[N+](=O)[O-]. The standard InChI is InChI=1S/C15H12ClN5O4/c1-8-3-11(4-9(2)15(8)21(24)25)18-19-14-10(7-17)5-12(20(22)23)6-13(14)16/h3-6,18-19H,1-2H3. The lowest BCUT2D eigenvalue weighted by molar-refractivity contribution is -0.386. The van der Waals surface area contributed by atoms with Gasteiger partial charge in [-0.15, -0.1) is 0 Å². The molecule has 128 valence electrons. The minimum absolute atomic E-state index is 0.00592. The van der Waals surface area contributed by atoms with Gasteiger partial charge >= 0.3 is 0 Å². The molecule has 0 fully saturated rings. The van der Waals surface area contributed by atoms with Gasteiger partial charge in [-0.1, -0.05) is 11.6 Å². The van der Waals surface area contributed by atoms with Gasteiger partial charge in [0.1, 0.15) is 6.07 Å². The summed E-state index contributed by atoms with van der Waals surface area (Å²) in [6.45, 7) is 3.21. The zero-order valence-electron chi connectivity index (χ0n) is 13.2. The Balaban J connectivity index is 2.32. The zero-order chi connectivity index (χ0) is 18.7. The van der Waals surface area contributed by atoms with Crippen molar-refractivity contribution in [3.8, 4) is 6.07 Å². The lowest BCUT2D eigenvalue weighted by Crippen LogP contribution is -2.11. The number of hydrogen-bond donors (Lipinski definition) is 2. The van der Waals surface area contributed by atoms with Gasteiger partial charge in [0, 0.05) is 23.3 Å². The number of nitrogens with one attached hydrogen (secondary N) is 2. The van der Waals surface area contributed by atoms with E-state index in [0.717, 1.165) is 12.1 Å². The van der Waals surface area contributed by atoms with E-state index in [4.69, 9.17) is 16.9 Å². The summed E-state index contributed by atoms with van der Waals surface area (Å²) in [4.78, 5) is 20.7. The van der Waals surface area contributed by atoms with Crippen molar-refractivity contribution in [1.82, 2.24) is 0 Å². The number of nitro benzene ring substituents is 2. The number of rotatable bonds is 5. The number of hydrazine groups is 1. The Labute approximate surface area is 147 Å². The van der Waals surface area contributed by atoms with Gasteiger partial charge < -0.3 is 5.43 Å². The number of non-ortho nitro benzene ring substituents is 1. The molecule has 0 spiro atoms. The average molecular weight is 362 g/mol. The molecule has 0 aromatic heterocycles.